The van der Waals surface area contributed by atoms with Crippen LogP contribution < -0.4 is 0 Å². The van der Waals surface area contributed by atoms with E-state index in [4.69, 9.17) is 15.3 Å². The van der Waals surface area contributed by atoms with Crippen molar-refractivity contribution < 1.29 is 15.3 Å². The molecule has 0 heterocycles. The summed E-state index contributed by atoms with van der Waals surface area (Å²) >= 11 is 0. The summed E-state index contributed by atoms with van der Waals surface area (Å²) in [6.07, 6.45) is 4.54. The minimum absolute atomic E-state index is 0.166. The fourth-order valence-corrected chi connectivity index (χ4v) is 2.06. The van der Waals surface area contributed by atoms with Gasteiger partial charge in [0.2, 0.25) is 0 Å². The number of hydrogen-bond donors (Lipinski definition) is 3. The Balaban J connectivity index is 0.000000171. The summed E-state index contributed by atoms with van der Waals surface area (Å²) in [4.78, 5) is 0. The van der Waals surface area contributed by atoms with Gasteiger partial charge in [-0.2, -0.15) is 0 Å². The number of aryl methyl sites for hydroxylation is 1. The van der Waals surface area contributed by atoms with Gasteiger partial charge < -0.3 is 15.3 Å². The number of hydrogen-bond acceptors (Lipinski definition) is 3. The molecule has 1 aliphatic rings. The standard InChI is InChI=1S/C7H14O2.C7H8O/c8-7(9)6-4-2-1-3-5-6;1-6-3-2-4-7(8)5-6/h6-9H,1-5H2;2-5,8H,1H3. The molecule has 0 bridgehead atoms. The third-order valence-corrected chi connectivity index (χ3v) is 3.07. The maximum Gasteiger partial charge on any atom is 0.154 e. The number of aliphatic hydroxyl groups is 2. The minimum Gasteiger partial charge on any atom is -0.508 e. The zero-order valence-corrected chi connectivity index (χ0v) is 10.3. The van der Waals surface area contributed by atoms with Gasteiger partial charge in [-0.3, -0.25) is 0 Å². The van der Waals surface area contributed by atoms with E-state index in [0.29, 0.717) is 5.75 Å². The van der Waals surface area contributed by atoms with Crippen LogP contribution in [0.5, 0.6) is 5.75 Å². The van der Waals surface area contributed by atoms with E-state index in [2.05, 4.69) is 0 Å². The Morgan fingerprint density at radius 1 is 1.12 bits per heavy atom. The molecule has 1 fully saturated rings. The fraction of sp³-hybridized carbons (Fsp3) is 0.571. The lowest BCUT2D eigenvalue weighted by Crippen LogP contribution is -2.21. The first-order valence-electron chi connectivity index (χ1n) is 6.21. The average Bonchev–Trinajstić information content (AvgIpc) is 2.30. The maximum absolute atomic E-state index is 8.81. The monoisotopic (exact) mass is 238 g/mol. The van der Waals surface area contributed by atoms with Crippen LogP contribution in [0.25, 0.3) is 0 Å². The summed E-state index contributed by atoms with van der Waals surface area (Å²) in [5.74, 6) is 0.503. The molecule has 1 aromatic rings. The molecule has 0 atom stereocenters. The quantitative estimate of drug-likeness (QED) is 0.659. The van der Waals surface area contributed by atoms with Crippen LogP contribution in [0.3, 0.4) is 0 Å². The largest absolute Gasteiger partial charge is 0.508 e. The molecule has 0 amide bonds. The van der Waals surface area contributed by atoms with Gasteiger partial charge in [-0.25, -0.2) is 0 Å². The van der Waals surface area contributed by atoms with Gasteiger partial charge in [0.15, 0.2) is 6.29 Å². The zero-order valence-electron chi connectivity index (χ0n) is 10.3. The molecular weight excluding hydrogens is 216 g/mol. The Hall–Kier alpha value is -1.06. The van der Waals surface area contributed by atoms with E-state index in [1.54, 1.807) is 12.1 Å². The van der Waals surface area contributed by atoms with Crippen molar-refractivity contribution in [3.05, 3.63) is 29.8 Å². The van der Waals surface area contributed by atoms with Gasteiger partial charge in [-0.05, 0) is 37.5 Å². The molecular formula is C14H22O3. The van der Waals surface area contributed by atoms with Gasteiger partial charge >= 0.3 is 0 Å². The summed E-state index contributed by atoms with van der Waals surface area (Å²) in [5, 5.41) is 26.3. The summed E-state index contributed by atoms with van der Waals surface area (Å²) in [7, 11) is 0. The lowest BCUT2D eigenvalue weighted by molar-refractivity contribution is -0.0926. The normalized spacial score (nSPS) is 16.5. The topological polar surface area (TPSA) is 60.7 Å². The molecule has 3 nitrogen and oxygen atoms in total. The van der Waals surface area contributed by atoms with E-state index in [0.717, 1.165) is 18.4 Å². The molecule has 2 rings (SSSR count). The number of aromatic hydroxyl groups is 1. The van der Waals surface area contributed by atoms with E-state index < -0.39 is 6.29 Å². The van der Waals surface area contributed by atoms with Crippen molar-refractivity contribution in [2.45, 2.75) is 45.3 Å². The molecule has 1 saturated carbocycles. The number of rotatable bonds is 1. The number of aliphatic hydroxyl groups excluding tert-OH is 1. The van der Waals surface area contributed by atoms with Crippen molar-refractivity contribution in [3.8, 4) is 5.75 Å². The van der Waals surface area contributed by atoms with E-state index in [1.807, 2.05) is 19.1 Å². The molecule has 0 saturated heterocycles. The predicted molar refractivity (Wildman–Crippen MR) is 67.6 cm³/mol. The number of phenols is 1. The highest BCUT2D eigenvalue weighted by Crippen LogP contribution is 2.25. The second-order valence-electron chi connectivity index (χ2n) is 4.65. The third kappa shape index (κ3) is 5.71. The van der Waals surface area contributed by atoms with Gasteiger partial charge in [-0.1, -0.05) is 31.4 Å². The first kappa shape index (κ1) is 14.0. The molecule has 3 heteroatoms. The summed E-state index contributed by atoms with van der Waals surface area (Å²) in [6.45, 7) is 1.94. The molecule has 0 aromatic heterocycles. The van der Waals surface area contributed by atoms with Crippen molar-refractivity contribution in [2.75, 3.05) is 0 Å². The zero-order chi connectivity index (χ0) is 12.7. The molecule has 3 N–H and O–H groups in total. The molecule has 17 heavy (non-hydrogen) atoms. The van der Waals surface area contributed by atoms with Crippen LogP contribution in [-0.2, 0) is 0 Å². The van der Waals surface area contributed by atoms with Crippen molar-refractivity contribution in [2.24, 2.45) is 5.92 Å². The van der Waals surface area contributed by atoms with Crippen LogP contribution in [0.15, 0.2) is 24.3 Å². The van der Waals surface area contributed by atoms with Crippen LogP contribution in [-0.4, -0.2) is 21.6 Å². The van der Waals surface area contributed by atoms with Gasteiger partial charge in [-0.15, -0.1) is 0 Å². The molecule has 0 unspecified atom stereocenters. The van der Waals surface area contributed by atoms with Crippen LogP contribution in [0, 0.1) is 12.8 Å². The molecule has 96 valence electrons. The second kappa shape index (κ2) is 7.30. The average molecular weight is 238 g/mol. The second-order valence-corrected chi connectivity index (χ2v) is 4.65. The van der Waals surface area contributed by atoms with Gasteiger partial charge in [0.1, 0.15) is 5.75 Å². The maximum atomic E-state index is 8.81. The predicted octanol–water partition coefficient (Wildman–Crippen LogP) is 2.58. The number of phenolic OH excluding ortho intramolecular Hbond substituents is 1. The highest BCUT2D eigenvalue weighted by molar-refractivity contribution is 5.25. The Labute approximate surface area is 103 Å². The smallest absolute Gasteiger partial charge is 0.154 e. The summed E-state index contributed by atoms with van der Waals surface area (Å²) in [5.41, 5.74) is 1.09. The van der Waals surface area contributed by atoms with Crippen molar-refractivity contribution in [1.29, 1.82) is 0 Å². The van der Waals surface area contributed by atoms with Gasteiger partial charge in [0.05, 0.1) is 0 Å². The molecule has 0 radical (unpaired) electrons. The van der Waals surface area contributed by atoms with Crippen molar-refractivity contribution in [3.63, 3.8) is 0 Å². The van der Waals surface area contributed by atoms with Crippen LogP contribution in [0.4, 0.5) is 0 Å². The highest BCUT2D eigenvalue weighted by atomic mass is 16.5. The van der Waals surface area contributed by atoms with Gasteiger partial charge in [0.25, 0.3) is 0 Å². The molecule has 1 aliphatic carbocycles. The molecule has 0 aliphatic heterocycles. The van der Waals surface area contributed by atoms with E-state index >= 15 is 0 Å². The first-order valence-corrected chi connectivity index (χ1v) is 6.21. The Kier molecular flexibility index (Phi) is 6.01. The third-order valence-electron chi connectivity index (χ3n) is 3.07. The molecule has 0 spiro atoms. The van der Waals surface area contributed by atoms with Crippen LogP contribution in [0.1, 0.15) is 37.7 Å². The number of benzene rings is 1. The Morgan fingerprint density at radius 2 is 1.76 bits per heavy atom. The lowest BCUT2D eigenvalue weighted by atomic mass is 9.89. The van der Waals surface area contributed by atoms with Crippen LogP contribution in [0.2, 0.25) is 0 Å². The SMILES string of the molecule is Cc1cccc(O)c1.OC(O)C1CCCCC1. The van der Waals surface area contributed by atoms with Crippen molar-refractivity contribution in [1.82, 2.24) is 0 Å². The summed E-state index contributed by atoms with van der Waals surface area (Å²) in [6, 6.07) is 7.15. The van der Waals surface area contributed by atoms with Crippen LogP contribution >= 0.6 is 0 Å². The minimum atomic E-state index is -1.06. The fourth-order valence-electron chi connectivity index (χ4n) is 2.06. The Bertz CT molecular complexity index is 300. The highest BCUT2D eigenvalue weighted by Gasteiger charge is 2.18. The molecule has 1 aromatic carbocycles. The first-order chi connectivity index (χ1) is 8.09. The lowest BCUT2D eigenvalue weighted by Gasteiger charge is -2.22. The Morgan fingerprint density at radius 3 is 2.12 bits per heavy atom. The van der Waals surface area contributed by atoms with E-state index in [1.165, 1.54) is 19.3 Å². The van der Waals surface area contributed by atoms with Gasteiger partial charge in [0, 0.05) is 5.92 Å². The van der Waals surface area contributed by atoms with Crippen molar-refractivity contribution >= 4 is 0 Å². The van der Waals surface area contributed by atoms with E-state index in [-0.39, 0.29) is 5.92 Å². The van der Waals surface area contributed by atoms with E-state index in [9.17, 15) is 0 Å². The summed E-state index contributed by atoms with van der Waals surface area (Å²) < 4.78 is 0.